The van der Waals surface area contributed by atoms with E-state index in [1.54, 1.807) is 0 Å². The molecule has 4 nitrogen and oxygen atoms in total. The van der Waals surface area contributed by atoms with E-state index < -0.39 is 0 Å². The molecule has 0 bridgehead atoms. The summed E-state index contributed by atoms with van der Waals surface area (Å²) < 4.78 is 0. The first-order valence-corrected chi connectivity index (χ1v) is 8.14. The predicted octanol–water partition coefficient (Wildman–Crippen LogP) is 2.81. The second kappa shape index (κ2) is 6.53. The summed E-state index contributed by atoms with van der Waals surface area (Å²) in [7, 11) is 0. The maximum absolute atomic E-state index is 4.74. The average Bonchev–Trinajstić information content (AvgIpc) is 3.21. The molecule has 1 aromatic heterocycles. The van der Waals surface area contributed by atoms with Gasteiger partial charge in [-0.1, -0.05) is 19.3 Å². The van der Waals surface area contributed by atoms with Gasteiger partial charge in [0.15, 0.2) is 0 Å². The van der Waals surface area contributed by atoms with Gasteiger partial charge in [0.1, 0.15) is 0 Å². The molecule has 110 valence electrons. The van der Waals surface area contributed by atoms with E-state index in [0.29, 0.717) is 0 Å². The fourth-order valence-electron chi connectivity index (χ4n) is 2.79. The van der Waals surface area contributed by atoms with E-state index in [2.05, 4.69) is 22.1 Å². The summed E-state index contributed by atoms with van der Waals surface area (Å²) in [6.45, 7) is 5.24. The van der Waals surface area contributed by atoms with Gasteiger partial charge in [-0.15, -0.1) is 0 Å². The van der Waals surface area contributed by atoms with Crippen LogP contribution in [0.5, 0.6) is 0 Å². The fraction of sp³-hybridized carbons (Fsp3) is 0.750. The van der Waals surface area contributed by atoms with E-state index in [1.165, 1.54) is 50.5 Å². The molecule has 0 amide bonds. The summed E-state index contributed by atoms with van der Waals surface area (Å²) in [6.07, 6.45) is 11.3. The third-order valence-electron chi connectivity index (χ3n) is 4.37. The van der Waals surface area contributed by atoms with Gasteiger partial charge in [0.2, 0.25) is 5.95 Å². The summed E-state index contributed by atoms with van der Waals surface area (Å²) in [6, 6.07) is 0.739. The van der Waals surface area contributed by atoms with Crippen LogP contribution in [0.2, 0.25) is 0 Å². The maximum Gasteiger partial charge on any atom is 0.225 e. The van der Waals surface area contributed by atoms with E-state index >= 15 is 0 Å². The van der Waals surface area contributed by atoms with Crippen LogP contribution in [-0.4, -0.2) is 29.1 Å². The molecule has 0 spiro atoms. The maximum atomic E-state index is 4.74. The average molecular weight is 274 g/mol. The Hall–Kier alpha value is -1.16. The Bertz CT molecular complexity index is 434. The van der Waals surface area contributed by atoms with Crippen molar-refractivity contribution < 1.29 is 0 Å². The molecule has 20 heavy (non-hydrogen) atoms. The minimum Gasteiger partial charge on any atom is -0.341 e. The topological polar surface area (TPSA) is 41.1 Å². The van der Waals surface area contributed by atoms with Gasteiger partial charge in [0.05, 0.1) is 0 Å². The van der Waals surface area contributed by atoms with Crippen molar-refractivity contribution in [2.75, 3.05) is 18.0 Å². The van der Waals surface area contributed by atoms with Crippen LogP contribution >= 0.6 is 0 Å². The van der Waals surface area contributed by atoms with Crippen LogP contribution in [0, 0.1) is 6.92 Å². The van der Waals surface area contributed by atoms with Gasteiger partial charge in [-0.3, -0.25) is 0 Å². The number of nitrogens with one attached hydrogen (secondary N) is 1. The van der Waals surface area contributed by atoms with Gasteiger partial charge in [-0.2, -0.15) is 0 Å². The van der Waals surface area contributed by atoms with Gasteiger partial charge in [-0.05, 0) is 32.6 Å². The van der Waals surface area contributed by atoms with Crippen LogP contribution in [0.15, 0.2) is 6.20 Å². The highest BCUT2D eigenvalue weighted by atomic mass is 15.2. The molecule has 1 aliphatic heterocycles. The largest absolute Gasteiger partial charge is 0.341 e. The zero-order valence-corrected chi connectivity index (χ0v) is 12.6. The summed E-state index contributed by atoms with van der Waals surface area (Å²) in [5.41, 5.74) is 2.37. The normalized spacial score (nSPS) is 20.6. The Morgan fingerprint density at radius 1 is 1.15 bits per heavy atom. The first-order valence-electron chi connectivity index (χ1n) is 8.14. The molecule has 3 rings (SSSR count). The Morgan fingerprint density at radius 3 is 2.50 bits per heavy atom. The Morgan fingerprint density at radius 2 is 1.85 bits per heavy atom. The molecule has 0 aromatic carbocycles. The molecule has 1 aromatic rings. The lowest BCUT2D eigenvalue weighted by Crippen LogP contribution is -2.29. The van der Waals surface area contributed by atoms with E-state index in [9.17, 15) is 0 Å². The number of hydrogen-bond acceptors (Lipinski definition) is 4. The standard InChI is InChI=1S/C16H26N4/c1-13-14(11-17-15-7-8-15)12-18-16(19-13)20-9-5-3-2-4-6-10-20/h12,15,17H,2-11H2,1H3. The first-order chi connectivity index (χ1) is 9.83. The number of anilines is 1. The highest BCUT2D eigenvalue weighted by Crippen LogP contribution is 2.20. The van der Waals surface area contributed by atoms with Gasteiger partial charge < -0.3 is 10.2 Å². The molecule has 1 saturated carbocycles. The Kier molecular flexibility index (Phi) is 4.51. The second-order valence-electron chi connectivity index (χ2n) is 6.19. The third-order valence-corrected chi connectivity index (χ3v) is 4.37. The number of nitrogens with zero attached hydrogens (tertiary/aromatic N) is 3. The van der Waals surface area contributed by atoms with Gasteiger partial charge in [-0.25, -0.2) is 9.97 Å². The lowest BCUT2D eigenvalue weighted by Gasteiger charge is -2.25. The third kappa shape index (κ3) is 3.69. The predicted molar refractivity (Wildman–Crippen MR) is 81.9 cm³/mol. The van der Waals surface area contributed by atoms with Crippen molar-refractivity contribution in [1.82, 2.24) is 15.3 Å². The molecule has 2 heterocycles. The fourth-order valence-corrected chi connectivity index (χ4v) is 2.79. The van der Waals surface area contributed by atoms with Crippen molar-refractivity contribution in [3.8, 4) is 0 Å². The van der Waals surface area contributed by atoms with Gasteiger partial charge in [0, 0.05) is 43.1 Å². The van der Waals surface area contributed by atoms with Gasteiger partial charge >= 0.3 is 0 Å². The van der Waals surface area contributed by atoms with Crippen molar-refractivity contribution in [3.05, 3.63) is 17.5 Å². The lowest BCUT2D eigenvalue weighted by atomic mass is 10.1. The number of rotatable bonds is 4. The van der Waals surface area contributed by atoms with Crippen LogP contribution in [0.1, 0.15) is 56.2 Å². The SMILES string of the molecule is Cc1nc(N2CCCCCCC2)ncc1CNC1CC1. The van der Waals surface area contributed by atoms with Crippen molar-refractivity contribution in [1.29, 1.82) is 0 Å². The minimum atomic E-state index is 0.739. The van der Waals surface area contributed by atoms with Crippen molar-refractivity contribution >= 4 is 5.95 Å². The summed E-state index contributed by atoms with van der Waals surface area (Å²) >= 11 is 0. The second-order valence-corrected chi connectivity index (χ2v) is 6.19. The Balaban J connectivity index is 1.64. The molecule has 0 atom stereocenters. The zero-order valence-electron chi connectivity index (χ0n) is 12.6. The molecule has 2 fully saturated rings. The minimum absolute atomic E-state index is 0.739. The molecule has 4 heteroatoms. The first kappa shape index (κ1) is 13.8. The summed E-state index contributed by atoms with van der Waals surface area (Å²) in [4.78, 5) is 11.7. The zero-order chi connectivity index (χ0) is 13.8. The molecule has 1 aliphatic carbocycles. The molecular weight excluding hydrogens is 248 g/mol. The van der Waals surface area contributed by atoms with Crippen LogP contribution in [0.4, 0.5) is 5.95 Å². The van der Waals surface area contributed by atoms with Crippen molar-refractivity contribution in [2.45, 2.75) is 64.5 Å². The summed E-state index contributed by atoms with van der Waals surface area (Å²) in [5, 5.41) is 3.54. The highest BCUT2D eigenvalue weighted by molar-refractivity contribution is 5.33. The van der Waals surface area contributed by atoms with Gasteiger partial charge in [0.25, 0.3) is 0 Å². The smallest absolute Gasteiger partial charge is 0.225 e. The van der Waals surface area contributed by atoms with Crippen LogP contribution in [0.25, 0.3) is 0 Å². The molecule has 0 radical (unpaired) electrons. The molecule has 0 unspecified atom stereocenters. The van der Waals surface area contributed by atoms with Crippen molar-refractivity contribution in [3.63, 3.8) is 0 Å². The van der Waals surface area contributed by atoms with E-state index in [-0.39, 0.29) is 0 Å². The molecule has 1 saturated heterocycles. The number of hydrogen-bond donors (Lipinski definition) is 1. The van der Waals surface area contributed by atoms with Crippen molar-refractivity contribution in [2.24, 2.45) is 0 Å². The highest BCUT2D eigenvalue weighted by Gasteiger charge is 2.20. The number of aromatic nitrogens is 2. The van der Waals surface area contributed by atoms with E-state index in [0.717, 1.165) is 37.3 Å². The molecular formula is C16H26N4. The van der Waals surface area contributed by atoms with Crippen LogP contribution < -0.4 is 10.2 Å². The molecule has 1 N–H and O–H groups in total. The van der Waals surface area contributed by atoms with E-state index in [1.807, 2.05) is 6.20 Å². The van der Waals surface area contributed by atoms with Crippen LogP contribution in [0.3, 0.4) is 0 Å². The van der Waals surface area contributed by atoms with Crippen LogP contribution in [-0.2, 0) is 6.54 Å². The van der Waals surface area contributed by atoms with E-state index in [4.69, 9.17) is 4.98 Å². The monoisotopic (exact) mass is 274 g/mol. The quantitative estimate of drug-likeness (QED) is 0.916. The molecule has 2 aliphatic rings. The summed E-state index contributed by atoms with van der Waals surface area (Å²) in [5.74, 6) is 0.930. The Labute approximate surface area is 122 Å². The number of aryl methyl sites for hydroxylation is 1. The lowest BCUT2D eigenvalue weighted by molar-refractivity contribution is 0.549.